The van der Waals surface area contributed by atoms with Gasteiger partial charge in [-0.25, -0.2) is 0 Å². The Balaban J connectivity index is 0.00000441. The van der Waals surface area contributed by atoms with Crippen LogP contribution in [0.4, 0.5) is 0 Å². The van der Waals surface area contributed by atoms with E-state index in [9.17, 15) is 4.79 Å². The molecule has 0 fully saturated rings. The van der Waals surface area contributed by atoms with Gasteiger partial charge in [-0.05, 0) is 18.9 Å². The molecule has 0 heterocycles. The number of nitrogens with zero attached hydrogens (tertiary/aromatic N) is 1. The maximum atomic E-state index is 12.3. The van der Waals surface area contributed by atoms with Crippen molar-refractivity contribution in [1.82, 2.24) is 5.32 Å². The largest absolute Gasteiger partial charge is 0.496 e. The standard InChI is InChI=1S/C15H20ClN3O2.ClH/c1-4-15(18,5-2)9-19-14(20)11-6-10(8-17)12(16)7-13(11)21-3;/h6-7H,4-5,9,18H2,1-3H3,(H,19,20);1H. The molecule has 5 nitrogen and oxygen atoms in total. The number of methoxy groups -OCH3 is 1. The molecule has 1 amide bonds. The molecule has 0 aliphatic carbocycles. The highest BCUT2D eigenvalue weighted by atomic mass is 35.5. The predicted octanol–water partition coefficient (Wildman–Crippen LogP) is 2.89. The van der Waals surface area contributed by atoms with E-state index in [4.69, 9.17) is 27.3 Å². The molecule has 0 spiro atoms. The van der Waals surface area contributed by atoms with Crippen LogP contribution in [0.5, 0.6) is 5.75 Å². The highest BCUT2D eigenvalue weighted by Crippen LogP contribution is 2.27. The van der Waals surface area contributed by atoms with Crippen molar-refractivity contribution in [3.05, 3.63) is 28.3 Å². The Hall–Kier alpha value is -1.48. The van der Waals surface area contributed by atoms with E-state index >= 15 is 0 Å². The van der Waals surface area contributed by atoms with Crippen molar-refractivity contribution < 1.29 is 9.53 Å². The number of hydrogen-bond donors (Lipinski definition) is 2. The van der Waals surface area contributed by atoms with Crippen LogP contribution in [0.3, 0.4) is 0 Å². The summed E-state index contributed by atoms with van der Waals surface area (Å²) in [5.41, 5.74) is 6.22. The van der Waals surface area contributed by atoms with Crippen molar-refractivity contribution in [2.45, 2.75) is 32.2 Å². The zero-order chi connectivity index (χ0) is 16.0. The average Bonchev–Trinajstić information content (AvgIpc) is 2.51. The number of nitrogens with two attached hydrogens (primary N) is 1. The molecule has 0 saturated heterocycles. The van der Waals surface area contributed by atoms with Crippen LogP contribution in [0.2, 0.25) is 5.02 Å². The molecule has 0 unspecified atom stereocenters. The van der Waals surface area contributed by atoms with Crippen molar-refractivity contribution in [2.24, 2.45) is 5.73 Å². The summed E-state index contributed by atoms with van der Waals surface area (Å²) < 4.78 is 5.15. The van der Waals surface area contributed by atoms with Crippen molar-refractivity contribution >= 4 is 29.9 Å². The Bertz CT molecular complexity index is 567. The third-order valence-electron chi connectivity index (χ3n) is 3.66. The first-order chi connectivity index (χ1) is 9.90. The molecule has 0 bridgehead atoms. The molecular formula is C15H21Cl2N3O2. The second kappa shape index (κ2) is 8.84. The minimum Gasteiger partial charge on any atom is -0.496 e. The Labute approximate surface area is 142 Å². The third kappa shape index (κ3) is 4.77. The molecule has 0 aliphatic heterocycles. The molecule has 0 aliphatic rings. The summed E-state index contributed by atoms with van der Waals surface area (Å²) in [5.74, 6) is -0.0103. The van der Waals surface area contributed by atoms with Gasteiger partial charge >= 0.3 is 0 Å². The second-order valence-corrected chi connectivity index (χ2v) is 5.30. The van der Waals surface area contributed by atoms with Gasteiger partial charge in [-0.2, -0.15) is 5.26 Å². The minimum atomic E-state index is -0.437. The van der Waals surface area contributed by atoms with E-state index in [1.807, 2.05) is 19.9 Å². The monoisotopic (exact) mass is 345 g/mol. The highest BCUT2D eigenvalue weighted by molar-refractivity contribution is 6.32. The van der Waals surface area contributed by atoms with Gasteiger partial charge in [0, 0.05) is 18.2 Å². The van der Waals surface area contributed by atoms with E-state index < -0.39 is 5.54 Å². The average molecular weight is 346 g/mol. The van der Waals surface area contributed by atoms with Crippen LogP contribution in [0.25, 0.3) is 0 Å². The number of amides is 1. The van der Waals surface area contributed by atoms with Crippen LogP contribution in [0.1, 0.15) is 42.6 Å². The van der Waals surface area contributed by atoms with E-state index in [1.54, 1.807) is 0 Å². The van der Waals surface area contributed by atoms with E-state index in [2.05, 4.69) is 5.32 Å². The molecule has 0 aromatic heterocycles. The first-order valence-corrected chi connectivity index (χ1v) is 7.13. The number of nitriles is 1. The van der Waals surface area contributed by atoms with Gasteiger partial charge in [-0.3, -0.25) is 4.79 Å². The van der Waals surface area contributed by atoms with E-state index in [-0.39, 0.29) is 34.5 Å². The zero-order valence-corrected chi connectivity index (χ0v) is 14.5. The number of ether oxygens (including phenoxy) is 1. The summed E-state index contributed by atoms with van der Waals surface area (Å²) in [7, 11) is 1.44. The summed E-state index contributed by atoms with van der Waals surface area (Å²) in [4.78, 5) is 12.3. The second-order valence-electron chi connectivity index (χ2n) is 4.90. The van der Waals surface area contributed by atoms with Gasteiger partial charge in [-0.1, -0.05) is 25.4 Å². The van der Waals surface area contributed by atoms with E-state index in [0.29, 0.717) is 12.3 Å². The van der Waals surface area contributed by atoms with Gasteiger partial charge in [0.15, 0.2) is 0 Å². The highest BCUT2D eigenvalue weighted by Gasteiger charge is 2.23. The number of carbonyl (C=O) groups is 1. The van der Waals surface area contributed by atoms with Gasteiger partial charge in [0.1, 0.15) is 11.8 Å². The van der Waals surface area contributed by atoms with Gasteiger partial charge in [0.2, 0.25) is 0 Å². The van der Waals surface area contributed by atoms with E-state index in [1.165, 1.54) is 19.2 Å². The molecule has 7 heteroatoms. The van der Waals surface area contributed by atoms with Crippen LogP contribution in [0.15, 0.2) is 12.1 Å². The fourth-order valence-electron chi connectivity index (χ4n) is 1.84. The molecule has 1 rings (SSSR count). The topological polar surface area (TPSA) is 88.1 Å². The molecular weight excluding hydrogens is 325 g/mol. The van der Waals surface area contributed by atoms with Crippen LogP contribution in [-0.4, -0.2) is 25.1 Å². The Morgan fingerprint density at radius 3 is 2.50 bits per heavy atom. The summed E-state index contributed by atoms with van der Waals surface area (Å²) >= 11 is 5.93. The lowest BCUT2D eigenvalue weighted by Gasteiger charge is -2.27. The maximum Gasteiger partial charge on any atom is 0.255 e. The fourth-order valence-corrected chi connectivity index (χ4v) is 2.03. The van der Waals surface area contributed by atoms with Crippen LogP contribution in [0, 0.1) is 11.3 Å². The number of hydrogen-bond acceptors (Lipinski definition) is 4. The van der Waals surface area contributed by atoms with Crippen LogP contribution in [-0.2, 0) is 0 Å². The van der Waals surface area contributed by atoms with Crippen LogP contribution < -0.4 is 15.8 Å². The number of rotatable bonds is 6. The quantitative estimate of drug-likeness (QED) is 0.829. The van der Waals surface area contributed by atoms with Gasteiger partial charge in [0.05, 0.1) is 23.3 Å². The van der Waals surface area contributed by atoms with E-state index in [0.717, 1.165) is 12.8 Å². The molecule has 22 heavy (non-hydrogen) atoms. The molecule has 0 atom stereocenters. The van der Waals surface area contributed by atoms with Crippen molar-refractivity contribution in [3.63, 3.8) is 0 Å². The minimum absolute atomic E-state index is 0. The first-order valence-electron chi connectivity index (χ1n) is 6.75. The van der Waals surface area contributed by atoms with Crippen molar-refractivity contribution in [2.75, 3.05) is 13.7 Å². The van der Waals surface area contributed by atoms with Gasteiger partial charge in [-0.15, -0.1) is 12.4 Å². The van der Waals surface area contributed by atoms with Gasteiger partial charge < -0.3 is 15.8 Å². The lowest BCUT2D eigenvalue weighted by Crippen LogP contribution is -2.49. The van der Waals surface area contributed by atoms with Gasteiger partial charge in [0.25, 0.3) is 5.91 Å². The number of nitrogens with one attached hydrogen (secondary N) is 1. The zero-order valence-electron chi connectivity index (χ0n) is 12.9. The summed E-state index contributed by atoms with van der Waals surface area (Å²) in [6.45, 7) is 4.31. The molecule has 3 N–H and O–H groups in total. The van der Waals surface area contributed by atoms with Crippen molar-refractivity contribution in [3.8, 4) is 11.8 Å². The lowest BCUT2D eigenvalue weighted by atomic mass is 9.94. The summed E-state index contributed by atoms with van der Waals surface area (Å²) in [6, 6.07) is 4.83. The third-order valence-corrected chi connectivity index (χ3v) is 3.98. The number of halogens is 2. The van der Waals surface area contributed by atoms with Crippen molar-refractivity contribution in [1.29, 1.82) is 5.26 Å². The number of carbonyl (C=O) groups excluding carboxylic acids is 1. The molecule has 1 aromatic rings. The molecule has 122 valence electrons. The normalized spacial score (nSPS) is 10.4. The van der Waals surface area contributed by atoms with Crippen LogP contribution >= 0.6 is 24.0 Å². The first kappa shape index (κ1) is 20.5. The lowest BCUT2D eigenvalue weighted by molar-refractivity contribution is 0.0939. The number of benzene rings is 1. The molecule has 1 aromatic carbocycles. The summed E-state index contributed by atoms with van der Waals surface area (Å²) in [6.07, 6.45) is 1.51. The summed E-state index contributed by atoms with van der Waals surface area (Å²) in [5, 5.41) is 12.0. The SMILES string of the molecule is CCC(N)(CC)CNC(=O)c1cc(C#N)c(Cl)cc1OC.Cl. The maximum absolute atomic E-state index is 12.3. The smallest absolute Gasteiger partial charge is 0.255 e. The predicted molar refractivity (Wildman–Crippen MR) is 89.8 cm³/mol. The Morgan fingerprint density at radius 2 is 2.05 bits per heavy atom. The molecule has 0 radical (unpaired) electrons. The Kier molecular flexibility index (Phi) is 8.25. The molecule has 0 saturated carbocycles. The fraction of sp³-hybridized carbons (Fsp3) is 0.467. The Morgan fingerprint density at radius 1 is 1.45 bits per heavy atom.